The highest BCUT2D eigenvalue weighted by atomic mass is 79.9. The van der Waals surface area contributed by atoms with E-state index in [9.17, 15) is 9.59 Å². The molecule has 4 nitrogen and oxygen atoms in total. The van der Waals surface area contributed by atoms with E-state index in [2.05, 4.69) is 21.2 Å². The molecule has 0 spiro atoms. The van der Waals surface area contributed by atoms with Crippen LogP contribution in [0.25, 0.3) is 0 Å². The molecular formula is C13H16BrNO3. The number of hydrogen-bond acceptors (Lipinski definition) is 2. The number of hydrogen-bond donors (Lipinski definition) is 2. The second-order valence-corrected chi connectivity index (χ2v) is 5.75. The Morgan fingerprint density at radius 2 is 2.00 bits per heavy atom. The molecule has 1 aromatic carbocycles. The quantitative estimate of drug-likeness (QED) is 0.898. The van der Waals surface area contributed by atoms with Crippen LogP contribution < -0.4 is 5.32 Å². The normalized spacial score (nSPS) is 11.1. The zero-order valence-electron chi connectivity index (χ0n) is 10.6. The van der Waals surface area contributed by atoms with Crippen LogP contribution in [0.4, 0.5) is 0 Å². The van der Waals surface area contributed by atoms with Gasteiger partial charge in [-0.05, 0) is 48.8 Å². The summed E-state index contributed by atoms with van der Waals surface area (Å²) >= 11 is 3.31. The lowest BCUT2D eigenvalue weighted by Gasteiger charge is -2.24. The lowest BCUT2D eigenvalue weighted by molar-refractivity contribution is -0.138. The van der Waals surface area contributed by atoms with Crippen molar-refractivity contribution >= 4 is 27.8 Å². The van der Waals surface area contributed by atoms with Gasteiger partial charge < -0.3 is 10.4 Å². The summed E-state index contributed by atoms with van der Waals surface area (Å²) in [6.07, 6.45) is -0.123. The number of nitrogens with one attached hydrogen (secondary N) is 1. The van der Waals surface area contributed by atoms with Gasteiger partial charge in [0.1, 0.15) is 0 Å². The van der Waals surface area contributed by atoms with Gasteiger partial charge in [-0.15, -0.1) is 0 Å². The Morgan fingerprint density at radius 1 is 1.39 bits per heavy atom. The van der Waals surface area contributed by atoms with Crippen molar-refractivity contribution in [3.63, 3.8) is 0 Å². The smallest absolute Gasteiger partial charge is 0.305 e. The first-order chi connectivity index (χ1) is 8.21. The van der Waals surface area contributed by atoms with Crippen LogP contribution in [0.1, 0.15) is 36.2 Å². The highest BCUT2D eigenvalue weighted by Gasteiger charge is 2.25. The fraction of sp³-hybridized carbons (Fsp3) is 0.385. The molecule has 5 heteroatoms. The van der Waals surface area contributed by atoms with Crippen LogP contribution in [0.2, 0.25) is 0 Å². The Balaban J connectivity index is 2.88. The number of rotatable bonds is 4. The Bertz CT molecular complexity index is 483. The zero-order valence-corrected chi connectivity index (χ0v) is 12.2. The maximum atomic E-state index is 12.1. The lowest BCUT2D eigenvalue weighted by Crippen LogP contribution is -2.45. The summed E-state index contributed by atoms with van der Waals surface area (Å²) in [6.45, 7) is 5.26. The number of carboxylic acid groups (broad SMARTS) is 1. The summed E-state index contributed by atoms with van der Waals surface area (Å²) < 4.78 is 0.691. The fourth-order valence-corrected chi connectivity index (χ4v) is 2.04. The molecule has 18 heavy (non-hydrogen) atoms. The summed E-state index contributed by atoms with van der Waals surface area (Å²) in [5.74, 6) is -1.22. The molecule has 1 aromatic rings. The van der Waals surface area contributed by atoms with Gasteiger partial charge in [0, 0.05) is 10.0 Å². The van der Waals surface area contributed by atoms with Gasteiger partial charge in [-0.1, -0.05) is 11.6 Å². The summed E-state index contributed by atoms with van der Waals surface area (Å²) in [5, 5.41) is 11.5. The minimum absolute atomic E-state index is 0.123. The van der Waals surface area contributed by atoms with Crippen molar-refractivity contribution in [1.29, 1.82) is 0 Å². The van der Waals surface area contributed by atoms with E-state index < -0.39 is 11.5 Å². The van der Waals surface area contributed by atoms with E-state index in [0.717, 1.165) is 5.56 Å². The third-order valence-corrected chi connectivity index (χ3v) is 3.10. The lowest BCUT2D eigenvalue weighted by atomic mass is 10.00. The van der Waals surface area contributed by atoms with Gasteiger partial charge in [-0.25, -0.2) is 0 Å². The van der Waals surface area contributed by atoms with Gasteiger partial charge in [-0.3, -0.25) is 9.59 Å². The molecule has 0 bridgehead atoms. The Kier molecular flexibility index (Phi) is 4.51. The summed E-state index contributed by atoms with van der Waals surface area (Å²) in [5.41, 5.74) is 0.694. The van der Waals surface area contributed by atoms with Crippen LogP contribution >= 0.6 is 15.9 Å². The van der Waals surface area contributed by atoms with E-state index in [-0.39, 0.29) is 12.3 Å². The second-order valence-electron chi connectivity index (χ2n) is 4.89. The SMILES string of the molecule is Cc1ccc(Br)c(C(=O)NC(C)(C)CC(=O)O)c1. The van der Waals surface area contributed by atoms with E-state index in [4.69, 9.17) is 5.11 Å². The van der Waals surface area contributed by atoms with Crippen molar-refractivity contribution in [3.8, 4) is 0 Å². The fourth-order valence-electron chi connectivity index (χ4n) is 1.61. The average Bonchev–Trinajstić information content (AvgIpc) is 2.18. The van der Waals surface area contributed by atoms with Crippen molar-refractivity contribution < 1.29 is 14.7 Å². The molecule has 0 aliphatic carbocycles. The van der Waals surface area contributed by atoms with Gasteiger partial charge in [-0.2, -0.15) is 0 Å². The number of carboxylic acids is 1. The molecule has 0 aliphatic heterocycles. The monoisotopic (exact) mass is 313 g/mol. The predicted molar refractivity (Wildman–Crippen MR) is 72.7 cm³/mol. The predicted octanol–water partition coefficient (Wildman–Crippen LogP) is 2.74. The number of aliphatic carboxylic acids is 1. The first kappa shape index (κ1) is 14.7. The van der Waals surface area contributed by atoms with Crippen LogP contribution in [0.15, 0.2) is 22.7 Å². The molecule has 0 atom stereocenters. The maximum absolute atomic E-state index is 12.1. The van der Waals surface area contributed by atoms with Gasteiger partial charge in [0.15, 0.2) is 0 Å². The number of aryl methyl sites for hydroxylation is 1. The van der Waals surface area contributed by atoms with Crippen LogP contribution in [0.5, 0.6) is 0 Å². The molecule has 1 rings (SSSR count). The molecule has 0 fully saturated rings. The van der Waals surface area contributed by atoms with Crippen molar-refractivity contribution in [2.45, 2.75) is 32.7 Å². The molecule has 0 heterocycles. The van der Waals surface area contributed by atoms with Crippen molar-refractivity contribution in [1.82, 2.24) is 5.32 Å². The standard InChI is InChI=1S/C13H16BrNO3/c1-8-4-5-10(14)9(6-8)12(18)15-13(2,3)7-11(16)17/h4-6H,7H2,1-3H3,(H,15,18)(H,16,17). The molecule has 0 unspecified atom stereocenters. The molecular weight excluding hydrogens is 298 g/mol. The van der Waals surface area contributed by atoms with Gasteiger partial charge >= 0.3 is 5.97 Å². The molecule has 0 aromatic heterocycles. The average molecular weight is 314 g/mol. The molecule has 98 valence electrons. The minimum atomic E-state index is -0.941. The Hall–Kier alpha value is -1.36. The molecule has 0 saturated heterocycles. The van der Waals surface area contributed by atoms with Crippen LogP contribution in [-0.4, -0.2) is 22.5 Å². The zero-order chi connectivity index (χ0) is 13.9. The van der Waals surface area contributed by atoms with Crippen LogP contribution in [-0.2, 0) is 4.79 Å². The third-order valence-electron chi connectivity index (χ3n) is 2.41. The molecule has 0 saturated carbocycles. The van der Waals surface area contributed by atoms with Crippen molar-refractivity contribution in [2.75, 3.05) is 0 Å². The van der Waals surface area contributed by atoms with E-state index in [0.29, 0.717) is 10.0 Å². The molecule has 0 radical (unpaired) electrons. The third kappa shape index (κ3) is 4.14. The van der Waals surface area contributed by atoms with Gasteiger partial charge in [0.25, 0.3) is 5.91 Å². The van der Waals surface area contributed by atoms with Gasteiger partial charge in [0.05, 0.1) is 12.0 Å². The summed E-state index contributed by atoms with van der Waals surface area (Å²) in [7, 11) is 0. The largest absolute Gasteiger partial charge is 0.481 e. The topological polar surface area (TPSA) is 66.4 Å². The van der Waals surface area contributed by atoms with E-state index in [1.165, 1.54) is 0 Å². The second kappa shape index (κ2) is 5.52. The number of carbonyl (C=O) groups is 2. The highest BCUT2D eigenvalue weighted by molar-refractivity contribution is 9.10. The van der Waals surface area contributed by atoms with E-state index >= 15 is 0 Å². The Morgan fingerprint density at radius 3 is 2.56 bits per heavy atom. The molecule has 0 aliphatic rings. The summed E-state index contributed by atoms with van der Waals surface area (Å²) in [4.78, 5) is 22.8. The summed E-state index contributed by atoms with van der Waals surface area (Å²) in [6, 6.07) is 5.45. The maximum Gasteiger partial charge on any atom is 0.305 e. The number of amides is 1. The highest BCUT2D eigenvalue weighted by Crippen LogP contribution is 2.19. The van der Waals surface area contributed by atoms with E-state index in [1.807, 2.05) is 13.0 Å². The number of benzene rings is 1. The van der Waals surface area contributed by atoms with E-state index in [1.54, 1.807) is 26.0 Å². The number of carbonyl (C=O) groups excluding carboxylic acids is 1. The first-order valence-electron chi connectivity index (χ1n) is 5.52. The first-order valence-corrected chi connectivity index (χ1v) is 6.31. The Labute approximate surface area is 115 Å². The van der Waals surface area contributed by atoms with Crippen molar-refractivity contribution in [2.24, 2.45) is 0 Å². The minimum Gasteiger partial charge on any atom is -0.481 e. The van der Waals surface area contributed by atoms with Crippen molar-refractivity contribution in [3.05, 3.63) is 33.8 Å². The van der Waals surface area contributed by atoms with Crippen LogP contribution in [0, 0.1) is 6.92 Å². The molecule has 1 amide bonds. The van der Waals surface area contributed by atoms with Crippen LogP contribution in [0.3, 0.4) is 0 Å². The number of halogens is 1. The van der Waals surface area contributed by atoms with Gasteiger partial charge in [0.2, 0.25) is 0 Å². The molecule has 2 N–H and O–H groups in total.